The predicted octanol–water partition coefficient (Wildman–Crippen LogP) is 2.69. The summed E-state index contributed by atoms with van der Waals surface area (Å²) in [6, 6.07) is 6.12. The minimum atomic E-state index is 0.0999. The number of aromatic nitrogens is 2. The molecule has 6 heteroatoms. The molecule has 1 aromatic carbocycles. The zero-order valence-electron chi connectivity index (χ0n) is 13.0. The Morgan fingerprint density at radius 2 is 2.39 bits per heavy atom. The fraction of sp³-hybridized carbons (Fsp3) is 0.529. The highest BCUT2D eigenvalue weighted by molar-refractivity contribution is 7.99. The van der Waals surface area contributed by atoms with Gasteiger partial charge >= 0.3 is 0 Å². The van der Waals surface area contributed by atoms with Crippen LogP contribution in [0.1, 0.15) is 29.6 Å². The SMILES string of the molecule is O=C(c1cccc2cn[nH]c12)N(C[C@@H]1CCCO1)[C@@H]1CCSC1. The van der Waals surface area contributed by atoms with Crippen molar-refractivity contribution in [2.45, 2.75) is 31.4 Å². The van der Waals surface area contributed by atoms with Crippen molar-refractivity contribution in [1.29, 1.82) is 0 Å². The lowest BCUT2D eigenvalue weighted by Gasteiger charge is -2.31. The summed E-state index contributed by atoms with van der Waals surface area (Å²) in [4.78, 5) is 15.3. The van der Waals surface area contributed by atoms with E-state index >= 15 is 0 Å². The molecule has 2 fully saturated rings. The van der Waals surface area contributed by atoms with E-state index in [-0.39, 0.29) is 12.0 Å². The highest BCUT2D eigenvalue weighted by Crippen LogP contribution is 2.27. The van der Waals surface area contributed by atoms with Gasteiger partial charge < -0.3 is 9.64 Å². The van der Waals surface area contributed by atoms with Gasteiger partial charge in [0, 0.05) is 30.3 Å². The maximum Gasteiger partial charge on any atom is 0.256 e. The third-order valence-corrected chi connectivity index (χ3v) is 5.88. The van der Waals surface area contributed by atoms with Gasteiger partial charge in [0.1, 0.15) is 0 Å². The van der Waals surface area contributed by atoms with E-state index in [4.69, 9.17) is 4.74 Å². The first kappa shape index (κ1) is 15.0. The fourth-order valence-corrected chi connectivity index (χ4v) is 4.70. The van der Waals surface area contributed by atoms with Crippen LogP contribution in [0.25, 0.3) is 10.9 Å². The highest BCUT2D eigenvalue weighted by Gasteiger charge is 2.32. The number of aromatic amines is 1. The number of hydrogen-bond donors (Lipinski definition) is 1. The molecule has 5 nitrogen and oxygen atoms in total. The maximum atomic E-state index is 13.2. The Labute approximate surface area is 139 Å². The minimum absolute atomic E-state index is 0.0999. The van der Waals surface area contributed by atoms with E-state index in [2.05, 4.69) is 10.2 Å². The van der Waals surface area contributed by atoms with E-state index in [0.717, 1.165) is 53.8 Å². The molecule has 2 aliphatic heterocycles. The Balaban J connectivity index is 1.64. The molecular weight excluding hydrogens is 310 g/mol. The molecule has 1 amide bonds. The second kappa shape index (κ2) is 6.53. The molecular formula is C17H21N3O2S. The molecule has 0 bridgehead atoms. The standard InChI is InChI=1S/C17H21N3O2S/c21-17(15-5-1-3-12-9-18-19-16(12)15)20(13-6-8-23-11-13)10-14-4-2-7-22-14/h1,3,5,9,13-14H,2,4,6-8,10-11H2,(H,18,19)/t13-,14+/m1/s1. The number of carbonyl (C=O) groups is 1. The van der Waals surface area contributed by atoms with Crippen molar-refractivity contribution in [3.63, 3.8) is 0 Å². The molecule has 2 saturated heterocycles. The van der Waals surface area contributed by atoms with Crippen LogP contribution in [0.15, 0.2) is 24.4 Å². The van der Waals surface area contributed by atoms with E-state index in [1.807, 2.05) is 34.9 Å². The normalized spacial score (nSPS) is 24.3. The number of nitrogens with zero attached hydrogens (tertiary/aromatic N) is 2. The Kier molecular flexibility index (Phi) is 4.27. The van der Waals surface area contributed by atoms with Gasteiger partial charge in [0.15, 0.2) is 0 Å². The van der Waals surface area contributed by atoms with E-state index in [1.165, 1.54) is 0 Å². The smallest absolute Gasteiger partial charge is 0.256 e. The zero-order chi connectivity index (χ0) is 15.6. The summed E-state index contributed by atoms with van der Waals surface area (Å²) in [5.41, 5.74) is 1.55. The number of rotatable bonds is 4. The molecule has 0 unspecified atom stereocenters. The minimum Gasteiger partial charge on any atom is -0.376 e. The predicted molar refractivity (Wildman–Crippen MR) is 91.8 cm³/mol. The molecule has 2 atom stereocenters. The van der Waals surface area contributed by atoms with Crippen LogP contribution in [0.2, 0.25) is 0 Å². The van der Waals surface area contributed by atoms with Gasteiger partial charge in [0.2, 0.25) is 0 Å². The molecule has 0 radical (unpaired) electrons. The maximum absolute atomic E-state index is 13.2. The Morgan fingerprint density at radius 3 is 3.17 bits per heavy atom. The van der Waals surface area contributed by atoms with Crippen LogP contribution in [0, 0.1) is 0 Å². The number of carbonyl (C=O) groups excluding carboxylic acids is 1. The van der Waals surface area contributed by atoms with Crippen LogP contribution >= 0.6 is 11.8 Å². The lowest BCUT2D eigenvalue weighted by molar-refractivity contribution is 0.0443. The first-order chi connectivity index (χ1) is 11.3. The van der Waals surface area contributed by atoms with Crippen molar-refractivity contribution < 1.29 is 9.53 Å². The van der Waals surface area contributed by atoms with Gasteiger partial charge in [-0.1, -0.05) is 12.1 Å². The second-order valence-corrected chi connectivity index (χ2v) is 7.40. The van der Waals surface area contributed by atoms with Crippen LogP contribution in [-0.4, -0.2) is 57.8 Å². The molecule has 2 aromatic rings. The second-order valence-electron chi connectivity index (χ2n) is 6.25. The summed E-state index contributed by atoms with van der Waals surface area (Å²) >= 11 is 1.93. The van der Waals surface area contributed by atoms with Crippen LogP contribution in [-0.2, 0) is 4.74 Å². The first-order valence-electron chi connectivity index (χ1n) is 8.25. The third kappa shape index (κ3) is 2.97. The first-order valence-corrected chi connectivity index (χ1v) is 9.41. The van der Waals surface area contributed by atoms with Crippen molar-refractivity contribution in [3.05, 3.63) is 30.0 Å². The summed E-state index contributed by atoms with van der Waals surface area (Å²) in [7, 11) is 0. The summed E-state index contributed by atoms with van der Waals surface area (Å²) < 4.78 is 5.78. The number of hydrogen-bond acceptors (Lipinski definition) is 4. The van der Waals surface area contributed by atoms with Crippen LogP contribution in [0.4, 0.5) is 0 Å². The number of amides is 1. The lowest BCUT2D eigenvalue weighted by atomic mass is 10.1. The van der Waals surface area contributed by atoms with Crippen LogP contribution in [0.3, 0.4) is 0 Å². The molecule has 4 rings (SSSR count). The van der Waals surface area contributed by atoms with Crippen molar-refractivity contribution in [1.82, 2.24) is 15.1 Å². The number of para-hydroxylation sites is 1. The van der Waals surface area contributed by atoms with Gasteiger partial charge in [-0.3, -0.25) is 9.89 Å². The fourth-order valence-electron chi connectivity index (χ4n) is 3.48. The monoisotopic (exact) mass is 331 g/mol. The molecule has 3 heterocycles. The van der Waals surface area contributed by atoms with E-state index in [1.54, 1.807) is 6.20 Å². The Bertz CT molecular complexity index is 690. The average Bonchev–Trinajstić information content (AvgIpc) is 3.33. The van der Waals surface area contributed by atoms with Gasteiger partial charge in [-0.2, -0.15) is 16.9 Å². The number of benzene rings is 1. The molecule has 1 N–H and O–H groups in total. The van der Waals surface area contributed by atoms with E-state index in [9.17, 15) is 4.79 Å². The largest absolute Gasteiger partial charge is 0.376 e. The van der Waals surface area contributed by atoms with Crippen LogP contribution in [0.5, 0.6) is 0 Å². The van der Waals surface area contributed by atoms with Gasteiger partial charge in [-0.25, -0.2) is 0 Å². The molecule has 2 aliphatic rings. The molecule has 0 saturated carbocycles. The van der Waals surface area contributed by atoms with Crippen molar-refractivity contribution in [3.8, 4) is 0 Å². The zero-order valence-corrected chi connectivity index (χ0v) is 13.8. The summed E-state index contributed by atoms with van der Waals surface area (Å²) in [5, 5.41) is 8.03. The topological polar surface area (TPSA) is 58.2 Å². The van der Waals surface area contributed by atoms with Gasteiger partial charge in [0.05, 0.1) is 23.4 Å². The van der Waals surface area contributed by atoms with Gasteiger partial charge in [-0.15, -0.1) is 0 Å². The number of nitrogens with one attached hydrogen (secondary N) is 1. The van der Waals surface area contributed by atoms with E-state index < -0.39 is 0 Å². The molecule has 0 aliphatic carbocycles. The van der Waals surface area contributed by atoms with E-state index in [0.29, 0.717) is 12.6 Å². The summed E-state index contributed by atoms with van der Waals surface area (Å²) in [6.45, 7) is 1.52. The Morgan fingerprint density at radius 1 is 1.43 bits per heavy atom. The van der Waals surface area contributed by atoms with Gasteiger partial charge in [-0.05, 0) is 31.1 Å². The van der Waals surface area contributed by atoms with Crippen LogP contribution < -0.4 is 0 Å². The molecule has 23 heavy (non-hydrogen) atoms. The Hall–Kier alpha value is -1.53. The molecule has 1 aromatic heterocycles. The number of H-pyrrole nitrogens is 1. The number of ether oxygens (including phenoxy) is 1. The molecule has 122 valence electrons. The number of thioether (sulfide) groups is 1. The quantitative estimate of drug-likeness (QED) is 0.936. The highest BCUT2D eigenvalue weighted by atomic mass is 32.2. The summed E-state index contributed by atoms with van der Waals surface area (Å²) in [6.07, 6.45) is 5.18. The summed E-state index contributed by atoms with van der Waals surface area (Å²) in [5.74, 6) is 2.26. The van der Waals surface area contributed by atoms with Gasteiger partial charge in [0.25, 0.3) is 5.91 Å². The van der Waals surface area contributed by atoms with Crippen molar-refractivity contribution >= 4 is 28.6 Å². The average molecular weight is 331 g/mol. The number of fused-ring (bicyclic) bond motifs is 1. The molecule has 0 spiro atoms. The van der Waals surface area contributed by atoms with Crippen molar-refractivity contribution in [2.75, 3.05) is 24.7 Å². The third-order valence-electron chi connectivity index (χ3n) is 4.74. The van der Waals surface area contributed by atoms with Crippen molar-refractivity contribution in [2.24, 2.45) is 0 Å². The lowest BCUT2D eigenvalue weighted by Crippen LogP contribution is -2.44.